The van der Waals surface area contributed by atoms with Crippen molar-refractivity contribution in [2.45, 2.75) is 0 Å². The summed E-state index contributed by atoms with van der Waals surface area (Å²) in [6.07, 6.45) is 6.44. The van der Waals surface area contributed by atoms with Crippen molar-refractivity contribution in [2.75, 3.05) is 26.4 Å². The van der Waals surface area contributed by atoms with Gasteiger partial charge in [0, 0.05) is 22.3 Å². The maximum Gasteiger partial charge on any atom is 0.207 e. The van der Waals surface area contributed by atoms with E-state index in [9.17, 15) is 0 Å². The molecular formula is C34H32N8O4S2. The molecule has 1 heterocycles. The molecule has 0 spiro atoms. The fourth-order valence-electron chi connectivity index (χ4n) is 4.17. The number of nitrogens with zero attached hydrogens (tertiary/aromatic N) is 4. The smallest absolute Gasteiger partial charge is 0.207 e. The van der Waals surface area contributed by atoms with Crippen LogP contribution in [-0.2, 0) is 0 Å². The zero-order valence-electron chi connectivity index (χ0n) is 25.6. The van der Waals surface area contributed by atoms with Crippen LogP contribution in [0.4, 0.5) is 0 Å². The van der Waals surface area contributed by atoms with E-state index in [1.807, 2.05) is 97.1 Å². The SMILES string of the molecule is S=C1N/N=C\c2ccccc2OCCOc2ccccc2/C=N\NC(=S)N/N=C\c2ccccc2OCCOc2ccccc2/C=N\N1. The maximum absolute atomic E-state index is 5.97. The first-order valence-corrected chi connectivity index (χ1v) is 15.6. The summed E-state index contributed by atoms with van der Waals surface area (Å²) >= 11 is 10.6. The Morgan fingerprint density at radius 3 is 0.854 bits per heavy atom. The normalized spacial score (nSPS) is 17.2. The molecule has 0 atom stereocenters. The molecule has 5 rings (SSSR count). The molecule has 0 fully saturated rings. The summed E-state index contributed by atoms with van der Waals surface area (Å²) < 4.78 is 23.9. The molecule has 1 aliphatic heterocycles. The number of hydrogen-bond acceptors (Lipinski definition) is 10. The fourth-order valence-corrected chi connectivity index (χ4v) is 4.38. The van der Waals surface area contributed by atoms with Crippen LogP contribution in [-0.4, -0.2) is 61.5 Å². The minimum absolute atomic E-state index is 0.206. The lowest BCUT2D eigenvalue weighted by Gasteiger charge is -2.12. The van der Waals surface area contributed by atoms with Crippen molar-refractivity contribution < 1.29 is 18.9 Å². The predicted molar refractivity (Wildman–Crippen MR) is 196 cm³/mol. The highest BCUT2D eigenvalue weighted by Crippen LogP contribution is 2.19. The second-order valence-corrected chi connectivity index (χ2v) is 10.5. The van der Waals surface area contributed by atoms with E-state index >= 15 is 0 Å². The van der Waals surface area contributed by atoms with E-state index in [1.165, 1.54) is 0 Å². The zero-order chi connectivity index (χ0) is 33.2. The van der Waals surface area contributed by atoms with E-state index in [0.29, 0.717) is 49.4 Å². The second-order valence-electron chi connectivity index (χ2n) is 9.68. The van der Waals surface area contributed by atoms with Crippen molar-refractivity contribution in [3.8, 4) is 23.0 Å². The number of fused-ring (bicyclic) bond motifs is 4. The van der Waals surface area contributed by atoms with Crippen LogP contribution < -0.4 is 40.7 Å². The standard InChI is InChI=1S/C34H32N8O4S2/c47-33-39-35-21-25-9-1-5-13-29(25)43-17-18-44-30-14-6-2-10-26(30)23-37-41-34(48)42-38-24-28-12-4-8-16-32(28)46-20-19-45-31-15-7-3-11-27(31)22-36-40-33/h1-16,21-24H,17-20H2,(H2,39,40,47)(H2,41,42,48)/b35-21-,36-22-,37-23-,38-24-. The summed E-state index contributed by atoms with van der Waals surface area (Å²) in [5.74, 6) is 2.54. The van der Waals surface area contributed by atoms with Gasteiger partial charge < -0.3 is 18.9 Å². The molecule has 0 saturated heterocycles. The third-order valence-electron chi connectivity index (χ3n) is 6.35. The van der Waals surface area contributed by atoms with Gasteiger partial charge in [0.1, 0.15) is 49.4 Å². The van der Waals surface area contributed by atoms with Gasteiger partial charge in [-0.25, -0.2) is 0 Å². The monoisotopic (exact) mass is 680 g/mol. The topological polar surface area (TPSA) is 134 Å². The van der Waals surface area contributed by atoms with Crippen LogP contribution in [0, 0.1) is 0 Å². The molecule has 48 heavy (non-hydrogen) atoms. The molecule has 4 aromatic rings. The van der Waals surface area contributed by atoms with Crippen LogP contribution >= 0.6 is 24.4 Å². The minimum atomic E-state index is 0.206. The first-order valence-electron chi connectivity index (χ1n) is 14.8. The molecule has 0 aromatic heterocycles. The van der Waals surface area contributed by atoms with Gasteiger partial charge in [-0.2, -0.15) is 20.4 Å². The van der Waals surface area contributed by atoms with Crippen LogP contribution in [0.5, 0.6) is 23.0 Å². The van der Waals surface area contributed by atoms with E-state index in [0.717, 1.165) is 22.3 Å². The van der Waals surface area contributed by atoms with Crippen LogP contribution in [0.1, 0.15) is 22.3 Å². The number of hydrazone groups is 4. The summed E-state index contributed by atoms with van der Waals surface area (Å²) in [5, 5.41) is 17.3. The number of hydrogen-bond donors (Lipinski definition) is 4. The molecule has 4 aromatic carbocycles. The van der Waals surface area contributed by atoms with E-state index in [1.54, 1.807) is 24.9 Å². The van der Waals surface area contributed by atoms with Crippen molar-refractivity contribution in [1.82, 2.24) is 21.7 Å². The Morgan fingerprint density at radius 2 is 0.604 bits per heavy atom. The van der Waals surface area contributed by atoms with Crippen molar-refractivity contribution in [1.29, 1.82) is 0 Å². The van der Waals surface area contributed by atoms with Crippen molar-refractivity contribution in [2.24, 2.45) is 20.4 Å². The van der Waals surface area contributed by atoms with Gasteiger partial charge in [-0.1, -0.05) is 48.5 Å². The molecule has 0 radical (unpaired) electrons. The van der Waals surface area contributed by atoms with Gasteiger partial charge in [-0.05, 0) is 73.0 Å². The Morgan fingerprint density at radius 1 is 0.375 bits per heavy atom. The Balaban J connectivity index is 1.29. The van der Waals surface area contributed by atoms with Crippen LogP contribution in [0.3, 0.4) is 0 Å². The summed E-state index contributed by atoms with van der Waals surface area (Å²) in [5.41, 5.74) is 14.0. The lowest BCUT2D eigenvalue weighted by Crippen LogP contribution is -2.28. The van der Waals surface area contributed by atoms with Gasteiger partial charge >= 0.3 is 0 Å². The molecule has 244 valence electrons. The summed E-state index contributed by atoms with van der Waals surface area (Å²) in [6.45, 7) is 1.17. The third kappa shape index (κ3) is 10.6. The molecule has 0 saturated carbocycles. The van der Waals surface area contributed by atoms with Crippen molar-refractivity contribution in [3.05, 3.63) is 119 Å². The van der Waals surface area contributed by atoms with E-state index < -0.39 is 0 Å². The molecule has 14 heteroatoms. The molecule has 1 aliphatic rings. The van der Waals surface area contributed by atoms with Gasteiger partial charge in [-0.15, -0.1) is 0 Å². The van der Waals surface area contributed by atoms with Gasteiger partial charge in [0.05, 0.1) is 24.9 Å². The number of para-hydroxylation sites is 4. The van der Waals surface area contributed by atoms with Gasteiger partial charge in [0.15, 0.2) is 0 Å². The van der Waals surface area contributed by atoms with E-state index in [-0.39, 0.29) is 10.2 Å². The highest BCUT2D eigenvalue weighted by Gasteiger charge is 2.06. The highest BCUT2D eigenvalue weighted by molar-refractivity contribution is 7.80. The average Bonchev–Trinajstić information content (AvgIpc) is 3.10. The van der Waals surface area contributed by atoms with E-state index in [2.05, 4.69) is 42.1 Å². The van der Waals surface area contributed by atoms with Crippen molar-refractivity contribution in [3.63, 3.8) is 0 Å². The summed E-state index contributed by atoms with van der Waals surface area (Å²) in [4.78, 5) is 0. The first kappa shape index (κ1) is 33.5. The number of thiocarbonyl (C=S) groups is 2. The number of nitrogens with one attached hydrogen (secondary N) is 4. The zero-order valence-corrected chi connectivity index (χ0v) is 27.2. The van der Waals surface area contributed by atoms with Crippen LogP contribution in [0.15, 0.2) is 117 Å². The number of benzene rings is 4. The summed E-state index contributed by atoms with van der Waals surface area (Å²) in [6, 6.07) is 30.0. The Bertz CT molecular complexity index is 1560. The van der Waals surface area contributed by atoms with Gasteiger partial charge in [0.2, 0.25) is 10.2 Å². The first-order chi connectivity index (χ1) is 23.7. The van der Waals surface area contributed by atoms with Gasteiger partial charge in [0.25, 0.3) is 0 Å². The molecule has 0 unspecified atom stereocenters. The van der Waals surface area contributed by atoms with Crippen molar-refractivity contribution >= 4 is 59.5 Å². The largest absolute Gasteiger partial charge is 0.489 e. The third-order valence-corrected chi connectivity index (χ3v) is 6.72. The Hall–Kier alpha value is -5.86. The maximum atomic E-state index is 5.97. The molecule has 4 N–H and O–H groups in total. The molecule has 0 amide bonds. The lowest BCUT2D eigenvalue weighted by molar-refractivity contribution is 0.217. The highest BCUT2D eigenvalue weighted by atomic mass is 32.1. The Labute approximate surface area is 288 Å². The Kier molecular flexibility index (Phi) is 12.8. The molecule has 12 nitrogen and oxygen atoms in total. The van der Waals surface area contributed by atoms with Crippen LogP contribution in [0.25, 0.3) is 0 Å². The second kappa shape index (κ2) is 18.3. The predicted octanol–water partition coefficient (Wildman–Crippen LogP) is 4.58. The van der Waals surface area contributed by atoms with Crippen LogP contribution in [0.2, 0.25) is 0 Å². The van der Waals surface area contributed by atoms with E-state index in [4.69, 9.17) is 43.4 Å². The van der Waals surface area contributed by atoms with Gasteiger partial charge in [-0.3, -0.25) is 21.7 Å². The fraction of sp³-hybridized carbons (Fsp3) is 0.118. The summed E-state index contributed by atoms with van der Waals surface area (Å²) in [7, 11) is 0. The molecule has 0 aliphatic carbocycles. The lowest BCUT2D eigenvalue weighted by atomic mass is 10.2. The quantitative estimate of drug-likeness (QED) is 0.196. The minimum Gasteiger partial charge on any atom is -0.489 e. The average molecular weight is 681 g/mol. The number of ether oxygens (including phenoxy) is 4. The molecule has 0 bridgehead atoms. The number of rotatable bonds is 0. The molecular weight excluding hydrogens is 649 g/mol.